The lowest BCUT2D eigenvalue weighted by molar-refractivity contribution is 0.0443. The maximum atomic E-state index is 13.3. The van der Waals surface area contributed by atoms with Crippen LogP contribution in [0.2, 0.25) is 0 Å². The van der Waals surface area contributed by atoms with Crippen molar-refractivity contribution >= 4 is 17.8 Å². The first-order chi connectivity index (χ1) is 13.9. The standard InChI is InChI=1S/C20H27N5O4/c1-4-14-12-24(20(27)28)7-8-25(14)19(26)16-11-22-17(13(2)3)23-18(16)21-10-15-6-5-9-29-15/h5-6,9,11,13-14H,4,7-8,10,12H2,1-3H3,(H,27,28)(H,21,22,23). The molecular formula is C20H27N5O4. The van der Waals surface area contributed by atoms with E-state index in [9.17, 15) is 14.7 Å². The van der Waals surface area contributed by atoms with E-state index in [1.807, 2.05) is 26.8 Å². The first kappa shape index (κ1) is 20.6. The topological polar surface area (TPSA) is 112 Å². The highest BCUT2D eigenvalue weighted by Crippen LogP contribution is 2.22. The fourth-order valence-corrected chi connectivity index (χ4v) is 3.35. The third kappa shape index (κ3) is 4.67. The Bertz CT molecular complexity index is 853. The van der Waals surface area contributed by atoms with Gasteiger partial charge in [0.25, 0.3) is 5.91 Å². The number of piperazine rings is 1. The number of nitrogens with zero attached hydrogens (tertiary/aromatic N) is 4. The van der Waals surface area contributed by atoms with Gasteiger partial charge in [0.05, 0.1) is 12.8 Å². The lowest BCUT2D eigenvalue weighted by atomic mass is 10.1. The number of nitrogens with one attached hydrogen (secondary N) is 1. The average Bonchev–Trinajstić information content (AvgIpc) is 3.24. The number of aromatic nitrogens is 2. The van der Waals surface area contributed by atoms with Gasteiger partial charge in [0.1, 0.15) is 23.0 Å². The monoisotopic (exact) mass is 401 g/mol. The Morgan fingerprint density at radius 1 is 1.38 bits per heavy atom. The molecule has 2 aromatic heterocycles. The number of amides is 2. The van der Waals surface area contributed by atoms with Gasteiger partial charge in [0.15, 0.2) is 0 Å². The summed E-state index contributed by atoms with van der Waals surface area (Å²) in [4.78, 5) is 36.6. The zero-order valence-electron chi connectivity index (χ0n) is 17.0. The molecule has 1 aliphatic heterocycles. The number of carbonyl (C=O) groups is 2. The van der Waals surface area contributed by atoms with Crippen LogP contribution in [-0.2, 0) is 6.54 Å². The third-order valence-corrected chi connectivity index (χ3v) is 5.05. The number of furan rings is 1. The van der Waals surface area contributed by atoms with E-state index in [4.69, 9.17) is 4.42 Å². The molecule has 2 N–H and O–H groups in total. The minimum Gasteiger partial charge on any atom is -0.467 e. The molecule has 0 radical (unpaired) electrons. The van der Waals surface area contributed by atoms with Gasteiger partial charge in [-0.3, -0.25) is 4.79 Å². The van der Waals surface area contributed by atoms with E-state index in [-0.39, 0.29) is 24.4 Å². The summed E-state index contributed by atoms with van der Waals surface area (Å²) in [5.41, 5.74) is 0.378. The Morgan fingerprint density at radius 3 is 2.79 bits per heavy atom. The summed E-state index contributed by atoms with van der Waals surface area (Å²) in [7, 11) is 0. The van der Waals surface area contributed by atoms with Gasteiger partial charge in [-0.2, -0.15) is 0 Å². The molecule has 0 spiro atoms. The molecule has 9 heteroatoms. The summed E-state index contributed by atoms with van der Waals surface area (Å²) in [6.45, 7) is 7.26. The summed E-state index contributed by atoms with van der Waals surface area (Å²) in [6, 6.07) is 3.46. The predicted molar refractivity (Wildman–Crippen MR) is 107 cm³/mol. The molecule has 3 heterocycles. The van der Waals surface area contributed by atoms with Crippen LogP contribution < -0.4 is 5.32 Å². The van der Waals surface area contributed by atoms with Crippen LogP contribution in [0.25, 0.3) is 0 Å². The summed E-state index contributed by atoms with van der Waals surface area (Å²) >= 11 is 0. The van der Waals surface area contributed by atoms with Gasteiger partial charge in [0.2, 0.25) is 0 Å². The molecule has 2 aromatic rings. The second-order valence-electron chi connectivity index (χ2n) is 7.37. The van der Waals surface area contributed by atoms with Crippen LogP contribution in [0, 0.1) is 0 Å². The number of hydrogen-bond donors (Lipinski definition) is 2. The molecule has 2 amide bonds. The van der Waals surface area contributed by atoms with Gasteiger partial charge in [-0.15, -0.1) is 0 Å². The van der Waals surface area contributed by atoms with E-state index >= 15 is 0 Å². The van der Waals surface area contributed by atoms with Crippen LogP contribution in [0.3, 0.4) is 0 Å². The summed E-state index contributed by atoms with van der Waals surface area (Å²) in [5.74, 6) is 1.76. The summed E-state index contributed by atoms with van der Waals surface area (Å²) in [6.07, 6.45) is 2.86. The molecule has 0 bridgehead atoms. The molecule has 0 aromatic carbocycles. The van der Waals surface area contributed by atoms with Crippen molar-refractivity contribution in [3.05, 3.63) is 41.7 Å². The maximum absolute atomic E-state index is 13.3. The van der Waals surface area contributed by atoms with Crippen molar-refractivity contribution < 1.29 is 19.1 Å². The molecule has 3 rings (SSSR count). The van der Waals surface area contributed by atoms with Gasteiger partial charge in [-0.25, -0.2) is 14.8 Å². The van der Waals surface area contributed by atoms with Gasteiger partial charge < -0.3 is 24.6 Å². The Balaban J connectivity index is 1.85. The van der Waals surface area contributed by atoms with E-state index in [2.05, 4.69) is 15.3 Å². The van der Waals surface area contributed by atoms with Crippen LogP contribution in [0.1, 0.15) is 55.1 Å². The fourth-order valence-electron chi connectivity index (χ4n) is 3.35. The third-order valence-electron chi connectivity index (χ3n) is 5.05. The predicted octanol–water partition coefficient (Wildman–Crippen LogP) is 3.02. The second-order valence-corrected chi connectivity index (χ2v) is 7.37. The molecular weight excluding hydrogens is 374 g/mol. The van der Waals surface area contributed by atoms with Crippen molar-refractivity contribution in [2.24, 2.45) is 0 Å². The van der Waals surface area contributed by atoms with Crippen LogP contribution in [0.4, 0.5) is 10.6 Å². The molecule has 1 atom stereocenters. The van der Waals surface area contributed by atoms with Crippen molar-refractivity contribution in [3.8, 4) is 0 Å². The molecule has 29 heavy (non-hydrogen) atoms. The van der Waals surface area contributed by atoms with E-state index in [0.29, 0.717) is 43.3 Å². The maximum Gasteiger partial charge on any atom is 0.407 e. The zero-order chi connectivity index (χ0) is 21.0. The quantitative estimate of drug-likeness (QED) is 0.765. The highest BCUT2D eigenvalue weighted by molar-refractivity contribution is 5.98. The number of rotatable bonds is 6. The van der Waals surface area contributed by atoms with Crippen molar-refractivity contribution in [1.29, 1.82) is 0 Å². The highest BCUT2D eigenvalue weighted by Gasteiger charge is 2.33. The summed E-state index contributed by atoms with van der Waals surface area (Å²) < 4.78 is 5.36. The SMILES string of the molecule is CCC1CN(C(=O)O)CCN1C(=O)c1cnc(C(C)C)nc1NCc1ccco1. The van der Waals surface area contributed by atoms with E-state index < -0.39 is 6.09 Å². The van der Waals surface area contributed by atoms with Crippen molar-refractivity contribution in [2.75, 3.05) is 25.0 Å². The molecule has 1 saturated heterocycles. The first-order valence-corrected chi connectivity index (χ1v) is 9.82. The van der Waals surface area contributed by atoms with E-state index in [0.717, 1.165) is 5.76 Å². The van der Waals surface area contributed by atoms with Crippen molar-refractivity contribution in [2.45, 2.75) is 45.7 Å². The summed E-state index contributed by atoms with van der Waals surface area (Å²) in [5, 5.41) is 12.5. The zero-order valence-corrected chi connectivity index (χ0v) is 17.0. The lowest BCUT2D eigenvalue weighted by Gasteiger charge is -2.40. The smallest absolute Gasteiger partial charge is 0.407 e. The molecule has 156 valence electrons. The number of hydrogen-bond acceptors (Lipinski definition) is 6. The second kappa shape index (κ2) is 8.93. The normalized spacial score (nSPS) is 16.9. The molecule has 1 fully saturated rings. The van der Waals surface area contributed by atoms with Crippen molar-refractivity contribution in [1.82, 2.24) is 19.8 Å². The van der Waals surface area contributed by atoms with E-state index in [1.165, 1.54) is 4.90 Å². The molecule has 0 aliphatic carbocycles. The van der Waals surface area contributed by atoms with Crippen LogP contribution in [0.5, 0.6) is 0 Å². The number of anilines is 1. The molecule has 1 aliphatic rings. The fraction of sp³-hybridized carbons (Fsp3) is 0.500. The minimum absolute atomic E-state index is 0.116. The molecule has 0 saturated carbocycles. The van der Waals surface area contributed by atoms with Crippen LogP contribution >= 0.6 is 0 Å². The number of carbonyl (C=O) groups excluding carboxylic acids is 1. The Morgan fingerprint density at radius 2 is 2.17 bits per heavy atom. The Kier molecular flexibility index (Phi) is 6.36. The Labute approximate surface area is 169 Å². The van der Waals surface area contributed by atoms with Gasteiger partial charge in [-0.1, -0.05) is 20.8 Å². The van der Waals surface area contributed by atoms with Gasteiger partial charge in [0, 0.05) is 37.8 Å². The Hall–Kier alpha value is -3.10. The van der Waals surface area contributed by atoms with Gasteiger partial charge >= 0.3 is 6.09 Å². The van der Waals surface area contributed by atoms with E-state index in [1.54, 1.807) is 23.4 Å². The van der Waals surface area contributed by atoms with Crippen LogP contribution in [-0.4, -0.2) is 62.6 Å². The first-order valence-electron chi connectivity index (χ1n) is 9.82. The molecule has 1 unspecified atom stereocenters. The minimum atomic E-state index is -0.957. The number of carboxylic acid groups (broad SMARTS) is 1. The van der Waals surface area contributed by atoms with Crippen LogP contribution in [0.15, 0.2) is 29.0 Å². The lowest BCUT2D eigenvalue weighted by Crippen LogP contribution is -2.56. The van der Waals surface area contributed by atoms with Crippen molar-refractivity contribution in [3.63, 3.8) is 0 Å². The largest absolute Gasteiger partial charge is 0.467 e. The van der Waals surface area contributed by atoms with Gasteiger partial charge in [-0.05, 0) is 18.6 Å². The molecule has 9 nitrogen and oxygen atoms in total. The highest BCUT2D eigenvalue weighted by atomic mass is 16.4. The average molecular weight is 401 g/mol.